The lowest BCUT2D eigenvalue weighted by Crippen LogP contribution is -2.27. The molecule has 2 N–H and O–H groups in total. The van der Waals surface area contributed by atoms with Gasteiger partial charge in [0.1, 0.15) is 0 Å². The largest absolute Gasteiger partial charge is 0.478 e. The number of allylic oxidation sites excluding steroid dienone is 1. The lowest BCUT2D eigenvalue weighted by Gasteiger charge is -2.15. The fourth-order valence-electron chi connectivity index (χ4n) is 1.99. The van der Waals surface area contributed by atoms with Gasteiger partial charge in [0.25, 0.3) is 0 Å². The van der Waals surface area contributed by atoms with Crippen molar-refractivity contribution in [3.63, 3.8) is 0 Å². The van der Waals surface area contributed by atoms with Gasteiger partial charge in [-0.05, 0) is 31.0 Å². The number of amides is 1. The Bertz CT molecular complexity index is 592. The zero-order chi connectivity index (χ0) is 17.6. The third-order valence-electron chi connectivity index (χ3n) is 3.19. The molecule has 0 aromatic heterocycles. The number of carboxylic acids is 1. The quantitative estimate of drug-likeness (QED) is 0.782. The molecular formula is C16H18F3NO3. The molecular weight excluding hydrogens is 311 g/mol. The highest BCUT2D eigenvalue weighted by Gasteiger charge is 2.30. The Kier molecular flexibility index (Phi) is 6.36. The number of halogens is 3. The minimum Gasteiger partial charge on any atom is -0.478 e. The Balaban J connectivity index is 2.72. The predicted molar refractivity (Wildman–Crippen MR) is 78.6 cm³/mol. The average Bonchev–Trinajstić information content (AvgIpc) is 2.45. The van der Waals surface area contributed by atoms with Gasteiger partial charge in [0.15, 0.2) is 0 Å². The van der Waals surface area contributed by atoms with Gasteiger partial charge in [0.2, 0.25) is 5.91 Å². The molecule has 1 atom stereocenters. The van der Waals surface area contributed by atoms with Crippen LogP contribution in [0.1, 0.15) is 43.9 Å². The van der Waals surface area contributed by atoms with Crippen molar-refractivity contribution in [3.05, 3.63) is 47.0 Å². The second-order valence-electron chi connectivity index (χ2n) is 5.03. The lowest BCUT2D eigenvalue weighted by atomic mass is 10.0. The van der Waals surface area contributed by atoms with Gasteiger partial charge in [-0.15, -0.1) is 0 Å². The standard InChI is InChI=1S/C16H18F3NO3/c1-3-4-12(15(22)23)9-14(21)20-10(2)11-5-7-13(8-6-11)16(17,18)19/h4-8,10H,3,9H2,1-2H3,(H,20,21)(H,22,23)/b12-4+. The Morgan fingerprint density at radius 1 is 1.26 bits per heavy atom. The van der Waals surface area contributed by atoms with E-state index in [2.05, 4.69) is 5.32 Å². The molecule has 1 aromatic carbocycles. The first-order chi connectivity index (χ1) is 10.6. The number of rotatable bonds is 6. The Morgan fingerprint density at radius 2 is 1.83 bits per heavy atom. The molecule has 1 rings (SSSR count). The van der Waals surface area contributed by atoms with Crippen LogP contribution in [0.3, 0.4) is 0 Å². The van der Waals surface area contributed by atoms with Crippen molar-refractivity contribution in [1.29, 1.82) is 0 Å². The van der Waals surface area contributed by atoms with Crippen LogP contribution >= 0.6 is 0 Å². The van der Waals surface area contributed by atoms with Crippen LogP contribution in [-0.4, -0.2) is 17.0 Å². The van der Waals surface area contributed by atoms with Gasteiger partial charge in [-0.3, -0.25) is 4.79 Å². The average molecular weight is 329 g/mol. The van der Waals surface area contributed by atoms with E-state index in [0.29, 0.717) is 12.0 Å². The van der Waals surface area contributed by atoms with Crippen molar-refractivity contribution in [2.75, 3.05) is 0 Å². The van der Waals surface area contributed by atoms with Crippen molar-refractivity contribution < 1.29 is 27.9 Å². The molecule has 126 valence electrons. The second kappa shape index (κ2) is 7.80. The monoisotopic (exact) mass is 329 g/mol. The Morgan fingerprint density at radius 3 is 2.26 bits per heavy atom. The number of carbonyl (C=O) groups is 2. The summed E-state index contributed by atoms with van der Waals surface area (Å²) < 4.78 is 37.5. The van der Waals surface area contributed by atoms with E-state index in [1.54, 1.807) is 13.8 Å². The maximum Gasteiger partial charge on any atom is 0.416 e. The molecule has 0 saturated carbocycles. The highest BCUT2D eigenvalue weighted by atomic mass is 19.4. The van der Waals surface area contributed by atoms with Gasteiger partial charge in [-0.1, -0.05) is 25.1 Å². The summed E-state index contributed by atoms with van der Waals surface area (Å²) >= 11 is 0. The predicted octanol–water partition coefficient (Wildman–Crippen LogP) is 3.69. The van der Waals surface area contributed by atoms with E-state index in [4.69, 9.17) is 5.11 Å². The van der Waals surface area contributed by atoms with Crippen LogP contribution in [0.2, 0.25) is 0 Å². The fourth-order valence-corrected chi connectivity index (χ4v) is 1.99. The molecule has 0 radical (unpaired) electrons. The number of nitrogens with one attached hydrogen (secondary N) is 1. The van der Waals surface area contributed by atoms with E-state index < -0.39 is 29.7 Å². The van der Waals surface area contributed by atoms with Crippen molar-refractivity contribution in [1.82, 2.24) is 5.32 Å². The summed E-state index contributed by atoms with van der Waals surface area (Å²) in [5.41, 5.74) is -0.272. The zero-order valence-corrected chi connectivity index (χ0v) is 12.8. The van der Waals surface area contributed by atoms with Gasteiger partial charge in [0.05, 0.1) is 18.0 Å². The summed E-state index contributed by atoms with van der Waals surface area (Å²) in [7, 11) is 0. The van der Waals surface area contributed by atoms with E-state index in [1.807, 2.05) is 0 Å². The maximum absolute atomic E-state index is 12.5. The minimum atomic E-state index is -4.41. The molecule has 1 amide bonds. The number of benzene rings is 1. The van der Waals surface area contributed by atoms with E-state index >= 15 is 0 Å². The smallest absolute Gasteiger partial charge is 0.416 e. The van der Waals surface area contributed by atoms with E-state index in [1.165, 1.54) is 18.2 Å². The first kappa shape index (κ1) is 18.7. The number of aliphatic carboxylic acids is 1. The summed E-state index contributed by atoms with van der Waals surface area (Å²) in [5.74, 6) is -1.66. The molecule has 1 unspecified atom stereocenters. The normalized spacial score (nSPS) is 13.5. The molecule has 7 heteroatoms. The summed E-state index contributed by atoms with van der Waals surface area (Å²) in [6, 6.07) is 3.93. The highest BCUT2D eigenvalue weighted by Crippen LogP contribution is 2.29. The molecule has 0 saturated heterocycles. The van der Waals surface area contributed by atoms with Crippen LogP contribution in [-0.2, 0) is 15.8 Å². The first-order valence-electron chi connectivity index (χ1n) is 7.04. The number of carboxylic acid groups (broad SMARTS) is 1. The van der Waals surface area contributed by atoms with Gasteiger partial charge < -0.3 is 10.4 Å². The van der Waals surface area contributed by atoms with Gasteiger partial charge in [-0.2, -0.15) is 13.2 Å². The first-order valence-corrected chi connectivity index (χ1v) is 7.04. The summed E-state index contributed by atoms with van der Waals surface area (Å²) in [5, 5.41) is 11.5. The van der Waals surface area contributed by atoms with Crippen LogP contribution in [0.5, 0.6) is 0 Å². The molecule has 1 aromatic rings. The molecule has 0 spiro atoms. The van der Waals surface area contributed by atoms with Crippen molar-refractivity contribution in [3.8, 4) is 0 Å². The van der Waals surface area contributed by atoms with Crippen LogP contribution in [0.25, 0.3) is 0 Å². The van der Waals surface area contributed by atoms with Crippen LogP contribution in [0, 0.1) is 0 Å². The molecule has 0 bridgehead atoms. The molecule has 0 aliphatic carbocycles. The fraction of sp³-hybridized carbons (Fsp3) is 0.375. The summed E-state index contributed by atoms with van der Waals surface area (Å²) in [6.45, 7) is 3.37. The summed E-state index contributed by atoms with van der Waals surface area (Å²) in [6.07, 6.45) is -2.76. The zero-order valence-electron chi connectivity index (χ0n) is 12.8. The highest BCUT2D eigenvalue weighted by molar-refractivity contribution is 5.94. The molecule has 0 fully saturated rings. The van der Waals surface area contributed by atoms with E-state index in [0.717, 1.165) is 12.1 Å². The molecule has 23 heavy (non-hydrogen) atoms. The van der Waals surface area contributed by atoms with E-state index in [9.17, 15) is 22.8 Å². The molecule has 0 aliphatic rings. The molecule has 4 nitrogen and oxygen atoms in total. The third kappa shape index (κ3) is 5.77. The van der Waals surface area contributed by atoms with Crippen molar-refractivity contribution in [2.45, 2.75) is 38.9 Å². The van der Waals surface area contributed by atoms with Gasteiger partial charge in [-0.25, -0.2) is 4.79 Å². The van der Waals surface area contributed by atoms with E-state index in [-0.39, 0.29) is 12.0 Å². The second-order valence-corrected chi connectivity index (χ2v) is 5.03. The maximum atomic E-state index is 12.5. The SMILES string of the molecule is CC/C=C(\CC(=O)NC(C)c1ccc(C(F)(F)F)cc1)C(=O)O. The number of carbonyl (C=O) groups excluding carboxylic acids is 1. The molecule has 0 aliphatic heterocycles. The summed E-state index contributed by atoms with van der Waals surface area (Å²) in [4.78, 5) is 22.8. The third-order valence-corrected chi connectivity index (χ3v) is 3.19. The lowest BCUT2D eigenvalue weighted by molar-refractivity contribution is -0.137. The van der Waals surface area contributed by atoms with Crippen LogP contribution in [0.4, 0.5) is 13.2 Å². The minimum absolute atomic E-state index is 0.00961. The van der Waals surface area contributed by atoms with Crippen molar-refractivity contribution >= 4 is 11.9 Å². The van der Waals surface area contributed by atoms with Gasteiger partial charge >= 0.3 is 12.1 Å². The number of alkyl halides is 3. The topological polar surface area (TPSA) is 66.4 Å². The number of hydrogen-bond donors (Lipinski definition) is 2. The Hall–Kier alpha value is -2.31. The number of hydrogen-bond acceptors (Lipinski definition) is 2. The van der Waals surface area contributed by atoms with Crippen LogP contribution in [0.15, 0.2) is 35.9 Å². The van der Waals surface area contributed by atoms with Crippen molar-refractivity contribution in [2.24, 2.45) is 0 Å². The van der Waals surface area contributed by atoms with Crippen LogP contribution < -0.4 is 5.32 Å². The molecule has 0 heterocycles. The van der Waals surface area contributed by atoms with Gasteiger partial charge in [0, 0.05) is 5.57 Å². The Labute approximate surface area is 132 Å².